The quantitative estimate of drug-likeness (QED) is 0.839. The third-order valence-corrected chi connectivity index (χ3v) is 4.76. The zero-order valence-electron chi connectivity index (χ0n) is 9.69. The van der Waals surface area contributed by atoms with Crippen LogP contribution in [-0.2, 0) is 10.3 Å². The van der Waals surface area contributed by atoms with Crippen LogP contribution < -0.4 is 5.32 Å². The maximum Gasteiger partial charge on any atom is 0.231 e. The van der Waals surface area contributed by atoms with Gasteiger partial charge in [0.05, 0.1) is 12.0 Å². The molecule has 0 bridgehead atoms. The Bertz CT molecular complexity index is 446. The first-order valence-corrected chi connectivity index (χ1v) is 6.69. The molecule has 2 N–H and O–H groups in total. The summed E-state index contributed by atoms with van der Waals surface area (Å²) in [6, 6.07) is 4.08. The fraction of sp³-hybridized carbons (Fsp3) is 0.500. The molecule has 1 aromatic rings. The van der Waals surface area contributed by atoms with Crippen molar-refractivity contribution in [2.24, 2.45) is 5.92 Å². The summed E-state index contributed by atoms with van der Waals surface area (Å²) in [5.74, 6) is 0.759. The standard InChI is InChI=1S/C12H15N3OS/c1-15-10(16)7-12(8-4-5-8,14-11(15)13)9-3-2-6-17-9/h2-3,6,8H,4-5,7H2,1H3,(H2,13,14)/t12-/m1/s1. The molecule has 0 spiro atoms. The SMILES string of the molecule is CN1C(=N)N[C@@](c2cccs2)(C2CC2)CC1=O. The highest BCUT2D eigenvalue weighted by molar-refractivity contribution is 7.10. The maximum atomic E-state index is 12.0. The second-order valence-corrected chi connectivity index (χ2v) is 5.77. The lowest BCUT2D eigenvalue weighted by Crippen LogP contribution is -2.60. The van der Waals surface area contributed by atoms with Crippen LogP contribution >= 0.6 is 11.3 Å². The molecule has 1 saturated carbocycles. The highest BCUT2D eigenvalue weighted by Crippen LogP contribution is 2.50. The number of amides is 1. The number of carbonyl (C=O) groups excluding carboxylic acids is 1. The third kappa shape index (κ3) is 1.57. The van der Waals surface area contributed by atoms with E-state index in [2.05, 4.69) is 11.4 Å². The molecule has 2 fully saturated rings. The predicted molar refractivity (Wildman–Crippen MR) is 67.0 cm³/mol. The Balaban J connectivity index is 2.01. The Morgan fingerprint density at radius 3 is 2.88 bits per heavy atom. The molecule has 1 amide bonds. The minimum Gasteiger partial charge on any atom is -0.345 e. The summed E-state index contributed by atoms with van der Waals surface area (Å²) >= 11 is 1.67. The van der Waals surface area contributed by atoms with Gasteiger partial charge in [-0.05, 0) is 30.2 Å². The molecule has 0 radical (unpaired) electrons. The van der Waals surface area contributed by atoms with Gasteiger partial charge in [0.1, 0.15) is 0 Å². The summed E-state index contributed by atoms with van der Waals surface area (Å²) in [5.41, 5.74) is -0.311. The molecular weight excluding hydrogens is 234 g/mol. The molecule has 90 valence electrons. The molecule has 17 heavy (non-hydrogen) atoms. The van der Waals surface area contributed by atoms with E-state index in [-0.39, 0.29) is 17.4 Å². The molecule has 1 atom stereocenters. The van der Waals surface area contributed by atoms with Gasteiger partial charge >= 0.3 is 0 Å². The number of guanidine groups is 1. The average molecular weight is 249 g/mol. The zero-order chi connectivity index (χ0) is 12.0. The Morgan fingerprint density at radius 2 is 2.35 bits per heavy atom. The van der Waals surface area contributed by atoms with E-state index in [9.17, 15) is 4.79 Å². The summed E-state index contributed by atoms with van der Waals surface area (Å²) in [6.07, 6.45) is 2.77. The minimum absolute atomic E-state index is 0.0362. The van der Waals surface area contributed by atoms with Crippen LogP contribution in [0.15, 0.2) is 17.5 Å². The third-order valence-electron chi connectivity index (χ3n) is 3.72. The summed E-state index contributed by atoms with van der Waals surface area (Å²) in [6.45, 7) is 0. The van der Waals surface area contributed by atoms with Crippen LogP contribution in [0.4, 0.5) is 0 Å². The van der Waals surface area contributed by atoms with Crippen molar-refractivity contribution in [1.82, 2.24) is 10.2 Å². The zero-order valence-corrected chi connectivity index (χ0v) is 10.5. The summed E-state index contributed by atoms with van der Waals surface area (Å²) in [7, 11) is 1.66. The van der Waals surface area contributed by atoms with Gasteiger partial charge in [0.2, 0.25) is 5.91 Å². The average Bonchev–Trinajstić information content (AvgIpc) is 3.01. The monoisotopic (exact) mass is 249 g/mol. The van der Waals surface area contributed by atoms with E-state index in [4.69, 9.17) is 5.41 Å². The van der Waals surface area contributed by atoms with Crippen molar-refractivity contribution in [3.63, 3.8) is 0 Å². The van der Waals surface area contributed by atoms with Crippen molar-refractivity contribution in [1.29, 1.82) is 5.41 Å². The van der Waals surface area contributed by atoms with Crippen molar-refractivity contribution < 1.29 is 4.79 Å². The van der Waals surface area contributed by atoms with Crippen LogP contribution in [0.25, 0.3) is 0 Å². The summed E-state index contributed by atoms with van der Waals surface area (Å²) < 4.78 is 0. The second kappa shape index (κ2) is 3.57. The number of carbonyl (C=O) groups is 1. The van der Waals surface area contributed by atoms with Gasteiger partial charge in [-0.3, -0.25) is 15.1 Å². The smallest absolute Gasteiger partial charge is 0.231 e. The highest BCUT2D eigenvalue weighted by Gasteiger charge is 2.52. The topological polar surface area (TPSA) is 56.2 Å². The van der Waals surface area contributed by atoms with Gasteiger partial charge in [0.15, 0.2) is 5.96 Å². The highest BCUT2D eigenvalue weighted by atomic mass is 32.1. The minimum atomic E-state index is -0.311. The van der Waals surface area contributed by atoms with E-state index in [1.807, 2.05) is 11.4 Å². The van der Waals surface area contributed by atoms with Crippen LogP contribution in [0.1, 0.15) is 24.1 Å². The van der Waals surface area contributed by atoms with Gasteiger partial charge in [0.25, 0.3) is 0 Å². The normalized spacial score (nSPS) is 29.4. The molecule has 3 rings (SSSR count). The first kappa shape index (κ1) is 10.8. The molecule has 5 heteroatoms. The number of rotatable bonds is 2. The van der Waals surface area contributed by atoms with Crippen LogP contribution in [0.3, 0.4) is 0 Å². The lowest BCUT2D eigenvalue weighted by Gasteiger charge is -2.41. The Labute approximate surface area is 104 Å². The lowest BCUT2D eigenvalue weighted by molar-refractivity contribution is -0.130. The van der Waals surface area contributed by atoms with Gasteiger partial charge in [0, 0.05) is 11.9 Å². The van der Waals surface area contributed by atoms with Gasteiger partial charge < -0.3 is 5.32 Å². The van der Waals surface area contributed by atoms with Crippen molar-refractivity contribution in [2.45, 2.75) is 24.8 Å². The number of nitrogens with zero attached hydrogens (tertiary/aromatic N) is 1. The first-order valence-electron chi connectivity index (χ1n) is 5.81. The summed E-state index contributed by atoms with van der Waals surface area (Å²) in [5, 5.41) is 13.2. The number of hydrogen-bond donors (Lipinski definition) is 2. The molecule has 0 unspecified atom stereocenters. The molecule has 1 aliphatic carbocycles. The van der Waals surface area contributed by atoms with E-state index < -0.39 is 0 Å². The largest absolute Gasteiger partial charge is 0.345 e. The van der Waals surface area contributed by atoms with Crippen LogP contribution in [0.5, 0.6) is 0 Å². The van der Waals surface area contributed by atoms with E-state index in [1.54, 1.807) is 18.4 Å². The van der Waals surface area contributed by atoms with Crippen molar-refractivity contribution in [3.8, 4) is 0 Å². The molecule has 2 heterocycles. The second-order valence-electron chi connectivity index (χ2n) is 4.83. The van der Waals surface area contributed by atoms with Crippen LogP contribution in [-0.4, -0.2) is 23.8 Å². The Hall–Kier alpha value is -1.36. The molecule has 0 aromatic carbocycles. The van der Waals surface area contributed by atoms with Crippen LogP contribution in [0.2, 0.25) is 0 Å². The van der Waals surface area contributed by atoms with Gasteiger partial charge in [-0.25, -0.2) is 0 Å². The van der Waals surface area contributed by atoms with Crippen molar-refractivity contribution >= 4 is 23.2 Å². The van der Waals surface area contributed by atoms with E-state index in [1.165, 1.54) is 9.78 Å². The molecule has 2 aliphatic rings. The van der Waals surface area contributed by atoms with Crippen molar-refractivity contribution in [3.05, 3.63) is 22.4 Å². The van der Waals surface area contributed by atoms with Gasteiger partial charge in [-0.15, -0.1) is 11.3 Å². The van der Waals surface area contributed by atoms with Gasteiger partial charge in [-0.1, -0.05) is 6.07 Å². The fourth-order valence-corrected chi connectivity index (χ4v) is 3.49. The first-order chi connectivity index (χ1) is 8.13. The summed E-state index contributed by atoms with van der Waals surface area (Å²) in [4.78, 5) is 14.6. The Kier molecular flexibility index (Phi) is 2.26. The van der Waals surface area contributed by atoms with Crippen LogP contribution in [0, 0.1) is 11.3 Å². The molecule has 4 nitrogen and oxygen atoms in total. The molecule has 1 saturated heterocycles. The maximum absolute atomic E-state index is 12.0. The lowest BCUT2D eigenvalue weighted by atomic mass is 9.85. The molecular formula is C12H15N3OS. The van der Waals surface area contributed by atoms with Crippen molar-refractivity contribution in [2.75, 3.05) is 7.05 Å². The predicted octanol–water partition coefficient (Wildman–Crippen LogP) is 1.74. The van der Waals surface area contributed by atoms with E-state index in [0.717, 1.165) is 12.8 Å². The van der Waals surface area contributed by atoms with E-state index >= 15 is 0 Å². The fourth-order valence-electron chi connectivity index (χ4n) is 2.53. The number of thiophene rings is 1. The number of hydrogen-bond acceptors (Lipinski definition) is 3. The molecule has 1 aromatic heterocycles. The van der Waals surface area contributed by atoms with E-state index in [0.29, 0.717) is 12.3 Å². The Morgan fingerprint density at radius 1 is 1.59 bits per heavy atom. The van der Waals surface area contributed by atoms with Gasteiger partial charge in [-0.2, -0.15) is 0 Å². The number of nitrogens with one attached hydrogen (secondary N) is 2. The molecule has 1 aliphatic heterocycles.